The molecule has 0 aromatic heterocycles. The van der Waals surface area contributed by atoms with Gasteiger partial charge in [0, 0.05) is 13.1 Å². The summed E-state index contributed by atoms with van der Waals surface area (Å²) in [6.45, 7) is 6.37. The molecule has 2 aromatic carbocycles. The van der Waals surface area contributed by atoms with Crippen LogP contribution in [0.1, 0.15) is 25.0 Å². The van der Waals surface area contributed by atoms with Gasteiger partial charge in [-0.3, -0.25) is 4.79 Å². The van der Waals surface area contributed by atoms with Crippen LogP contribution in [0.2, 0.25) is 0 Å². The van der Waals surface area contributed by atoms with Crippen LogP contribution < -0.4 is 10.1 Å². The fraction of sp³-hybridized carbons (Fsp3) is 0.381. The summed E-state index contributed by atoms with van der Waals surface area (Å²) in [6, 6.07) is 14.6. The number of rotatable bonds is 10. The highest BCUT2D eigenvalue weighted by Crippen LogP contribution is 2.24. The summed E-state index contributed by atoms with van der Waals surface area (Å²) in [6.07, 6.45) is 0.698. The summed E-state index contributed by atoms with van der Waals surface area (Å²) in [5.41, 5.74) is 1.86. The minimum atomic E-state index is -3.76. The molecular weight excluding hydrogens is 376 g/mol. The summed E-state index contributed by atoms with van der Waals surface area (Å²) in [5, 5.41) is 2.79. The summed E-state index contributed by atoms with van der Waals surface area (Å²) < 4.78 is 32.5. The second-order valence-corrected chi connectivity index (χ2v) is 8.32. The van der Waals surface area contributed by atoms with Crippen molar-refractivity contribution in [1.82, 2.24) is 9.62 Å². The van der Waals surface area contributed by atoms with Crippen LogP contribution >= 0.6 is 0 Å². The number of carbonyl (C=O) groups excluding carboxylic acids is 1. The Hall–Kier alpha value is -2.38. The van der Waals surface area contributed by atoms with Gasteiger partial charge in [0.15, 0.2) is 0 Å². The molecular formula is C21H28N2O4S. The summed E-state index contributed by atoms with van der Waals surface area (Å²) in [5.74, 6) is 0.340. The van der Waals surface area contributed by atoms with Crippen LogP contribution in [-0.4, -0.2) is 44.9 Å². The Kier molecular flexibility index (Phi) is 8.02. The molecule has 6 nitrogen and oxygen atoms in total. The molecule has 2 rings (SSSR count). The van der Waals surface area contributed by atoms with Gasteiger partial charge in [0.2, 0.25) is 15.9 Å². The quantitative estimate of drug-likeness (QED) is 0.661. The van der Waals surface area contributed by atoms with E-state index >= 15 is 0 Å². The first-order chi connectivity index (χ1) is 13.4. The third-order valence-corrected chi connectivity index (χ3v) is 6.25. The Balaban J connectivity index is 2.00. The molecule has 1 N–H and O–H groups in total. The van der Waals surface area contributed by atoms with Gasteiger partial charge >= 0.3 is 0 Å². The van der Waals surface area contributed by atoms with Crippen molar-refractivity contribution in [3.63, 3.8) is 0 Å². The molecule has 0 fully saturated rings. The first-order valence-electron chi connectivity index (χ1n) is 9.42. The van der Waals surface area contributed by atoms with Gasteiger partial charge in [-0.15, -0.1) is 0 Å². The lowest BCUT2D eigenvalue weighted by Crippen LogP contribution is -2.41. The van der Waals surface area contributed by atoms with Crippen LogP contribution in [0.25, 0.3) is 0 Å². The zero-order valence-corrected chi connectivity index (χ0v) is 17.5. The van der Waals surface area contributed by atoms with Gasteiger partial charge in [0.25, 0.3) is 0 Å². The van der Waals surface area contributed by atoms with Gasteiger partial charge in [-0.1, -0.05) is 37.3 Å². The number of likely N-dealkylation sites (N-methyl/N-ethyl adjacent to an activating group) is 1. The minimum absolute atomic E-state index is 0.160. The van der Waals surface area contributed by atoms with Crippen LogP contribution in [-0.2, 0) is 21.2 Å². The Morgan fingerprint density at radius 2 is 1.82 bits per heavy atom. The monoisotopic (exact) mass is 404 g/mol. The van der Waals surface area contributed by atoms with Crippen LogP contribution in [0.3, 0.4) is 0 Å². The Morgan fingerprint density at radius 3 is 2.43 bits per heavy atom. The van der Waals surface area contributed by atoms with Crippen molar-refractivity contribution in [2.75, 3.05) is 26.2 Å². The maximum Gasteiger partial charge on any atom is 0.243 e. The lowest BCUT2D eigenvalue weighted by Gasteiger charge is -2.20. The lowest BCUT2D eigenvalue weighted by molar-refractivity contribution is -0.121. The lowest BCUT2D eigenvalue weighted by atomic mass is 10.1. The van der Waals surface area contributed by atoms with Crippen molar-refractivity contribution in [2.24, 2.45) is 0 Å². The molecule has 2 aromatic rings. The average molecular weight is 405 g/mol. The molecule has 0 aliphatic heterocycles. The number of ether oxygens (including phenoxy) is 1. The highest BCUT2D eigenvalue weighted by atomic mass is 32.2. The summed E-state index contributed by atoms with van der Waals surface area (Å²) in [4.78, 5) is 12.4. The first-order valence-corrected chi connectivity index (χ1v) is 10.9. The van der Waals surface area contributed by atoms with Crippen molar-refractivity contribution in [3.05, 3.63) is 59.7 Å². The molecule has 0 radical (unpaired) electrons. The van der Waals surface area contributed by atoms with Crippen LogP contribution in [0.5, 0.6) is 5.75 Å². The number of carbonyl (C=O) groups is 1. The van der Waals surface area contributed by atoms with Gasteiger partial charge in [-0.05, 0) is 49.6 Å². The van der Waals surface area contributed by atoms with E-state index in [2.05, 4.69) is 5.32 Å². The van der Waals surface area contributed by atoms with E-state index in [0.717, 1.165) is 11.1 Å². The molecule has 0 aliphatic rings. The maximum absolute atomic E-state index is 12.9. The number of aryl methyl sites for hydroxylation is 1. The molecule has 0 heterocycles. The Bertz CT molecular complexity index is 883. The number of hydrogen-bond acceptors (Lipinski definition) is 4. The predicted molar refractivity (Wildman–Crippen MR) is 110 cm³/mol. The highest BCUT2D eigenvalue weighted by molar-refractivity contribution is 7.89. The standard InChI is InChI=1S/C21H28N2O4S/c1-4-23(16-21(24)22-14-13-18-9-7-6-8-10-18)28(25,26)19-11-12-20(27-5-2)17(3)15-19/h6-12,15H,4-5,13-14,16H2,1-3H3,(H,22,24). The predicted octanol–water partition coefficient (Wildman–Crippen LogP) is 2.76. The Morgan fingerprint density at radius 1 is 1.11 bits per heavy atom. The van der Waals surface area contributed by atoms with Gasteiger partial charge in [0.1, 0.15) is 5.75 Å². The zero-order chi connectivity index (χ0) is 20.6. The van der Waals surface area contributed by atoms with Crippen molar-refractivity contribution >= 4 is 15.9 Å². The zero-order valence-electron chi connectivity index (χ0n) is 16.6. The second-order valence-electron chi connectivity index (χ2n) is 6.38. The van der Waals surface area contributed by atoms with Crippen LogP contribution in [0.4, 0.5) is 0 Å². The van der Waals surface area contributed by atoms with Crippen LogP contribution in [0, 0.1) is 6.92 Å². The van der Waals surface area contributed by atoms with Gasteiger partial charge in [0.05, 0.1) is 18.0 Å². The van der Waals surface area contributed by atoms with Crippen LogP contribution in [0.15, 0.2) is 53.4 Å². The van der Waals surface area contributed by atoms with Gasteiger partial charge in [-0.25, -0.2) is 8.42 Å². The number of sulfonamides is 1. The number of nitrogens with zero attached hydrogens (tertiary/aromatic N) is 1. The molecule has 152 valence electrons. The van der Waals surface area contributed by atoms with Crippen molar-refractivity contribution in [2.45, 2.75) is 32.1 Å². The Labute approximate surface area is 167 Å². The fourth-order valence-corrected chi connectivity index (χ4v) is 4.31. The molecule has 0 saturated carbocycles. The molecule has 0 aliphatic carbocycles. The van der Waals surface area contributed by atoms with E-state index < -0.39 is 10.0 Å². The van der Waals surface area contributed by atoms with E-state index in [1.165, 1.54) is 10.4 Å². The molecule has 0 saturated heterocycles. The first kappa shape index (κ1) is 21.9. The SMILES string of the molecule is CCOc1ccc(S(=O)(=O)N(CC)CC(=O)NCCc2ccccc2)cc1C. The smallest absolute Gasteiger partial charge is 0.243 e. The third-order valence-electron chi connectivity index (χ3n) is 4.34. The topological polar surface area (TPSA) is 75.7 Å². The third kappa shape index (κ3) is 5.81. The highest BCUT2D eigenvalue weighted by Gasteiger charge is 2.25. The van der Waals surface area contributed by atoms with E-state index in [-0.39, 0.29) is 23.9 Å². The number of amides is 1. The molecule has 1 amide bonds. The van der Waals surface area contributed by atoms with Crippen molar-refractivity contribution in [1.29, 1.82) is 0 Å². The van der Waals surface area contributed by atoms with E-state index in [1.54, 1.807) is 26.0 Å². The normalized spacial score (nSPS) is 11.4. The molecule has 0 spiro atoms. The number of nitrogens with one attached hydrogen (secondary N) is 1. The molecule has 0 unspecified atom stereocenters. The van der Waals surface area contributed by atoms with Gasteiger partial charge < -0.3 is 10.1 Å². The second kappa shape index (κ2) is 10.2. The summed E-state index contributed by atoms with van der Waals surface area (Å²) >= 11 is 0. The van der Waals surface area contributed by atoms with E-state index in [4.69, 9.17) is 4.74 Å². The molecule has 7 heteroatoms. The average Bonchev–Trinajstić information content (AvgIpc) is 2.68. The molecule has 0 bridgehead atoms. The summed E-state index contributed by atoms with van der Waals surface area (Å²) in [7, 11) is -3.76. The molecule has 0 atom stereocenters. The number of benzene rings is 2. The van der Waals surface area contributed by atoms with Crippen molar-refractivity contribution in [3.8, 4) is 5.75 Å². The number of hydrogen-bond donors (Lipinski definition) is 1. The van der Waals surface area contributed by atoms with E-state index in [1.807, 2.05) is 37.3 Å². The maximum atomic E-state index is 12.9. The van der Waals surface area contributed by atoms with E-state index in [0.29, 0.717) is 25.3 Å². The van der Waals surface area contributed by atoms with E-state index in [9.17, 15) is 13.2 Å². The van der Waals surface area contributed by atoms with Gasteiger partial charge in [-0.2, -0.15) is 4.31 Å². The largest absolute Gasteiger partial charge is 0.494 e. The minimum Gasteiger partial charge on any atom is -0.494 e. The molecule has 28 heavy (non-hydrogen) atoms. The van der Waals surface area contributed by atoms with Crippen molar-refractivity contribution < 1.29 is 17.9 Å². The fourth-order valence-electron chi connectivity index (χ4n) is 2.82.